The number of hydrogen-bond acceptors (Lipinski definition) is 4. The molecule has 2 N–H and O–H groups in total. The average molecular weight is 364 g/mol. The second-order valence-corrected chi connectivity index (χ2v) is 6.78. The number of aromatic nitrogens is 2. The molecule has 0 saturated carbocycles. The number of thioether (sulfide) groups is 1. The summed E-state index contributed by atoms with van der Waals surface area (Å²) < 4.78 is 14.8. The maximum Gasteiger partial charge on any atom is 0.234 e. The van der Waals surface area contributed by atoms with E-state index in [0.29, 0.717) is 12.2 Å². The number of carbonyl (C=O) groups is 2. The monoisotopic (exact) mass is 364 g/mol. The van der Waals surface area contributed by atoms with Crippen LogP contribution in [0.25, 0.3) is 0 Å². The highest BCUT2D eigenvalue weighted by atomic mass is 32.2. The molecule has 0 aliphatic carbocycles. The highest BCUT2D eigenvalue weighted by Gasteiger charge is 2.14. The first-order valence-corrected chi connectivity index (χ1v) is 9.00. The second kappa shape index (κ2) is 9.83. The third-order valence-corrected chi connectivity index (χ3v) is 4.56. The molecule has 1 unspecified atom stereocenters. The first-order valence-electron chi connectivity index (χ1n) is 7.95. The fraction of sp³-hybridized carbons (Fsp3) is 0.353. The van der Waals surface area contributed by atoms with Gasteiger partial charge in [-0.15, -0.1) is 11.8 Å². The van der Waals surface area contributed by atoms with Gasteiger partial charge in [-0.05, 0) is 37.6 Å². The van der Waals surface area contributed by atoms with Gasteiger partial charge >= 0.3 is 0 Å². The van der Waals surface area contributed by atoms with Crippen LogP contribution in [-0.4, -0.2) is 38.9 Å². The van der Waals surface area contributed by atoms with Crippen LogP contribution in [-0.2, 0) is 16.1 Å². The van der Waals surface area contributed by atoms with Crippen LogP contribution in [0.4, 0.5) is 10.1 Å². The van der Waals surface area contributed by atoms with E-state index in [2.05, 4.69) is 15.6 Å². The summed E-state index contributed by atoms with van der Waals surface area (Å²) in [5.74, 6) is -0.520. The minimum Gasteiger partial charge on any atom is -0.355 e. The summed E-state index contributed by atoms with van der Waals surface area (Å²) in [6.07, 6.45) is 6.14. The van der Waals surface area contributed by atoms with Crippen molar-refractivity contribution in [3.8, 4) is 0 Å². The molecule has 1 aromatic heterocycles. The number of aryl methyl sites for hydroxylation is 1. The minimum atomic E-state index is -0.356. The zero-order chi connectivity index (χ0) is 18.1. The summed E-state index contributed by atoms with van der Waals surface area (Å²) in [5.41, 5.74) is 0.531. The highest BCUT2D eigenvalue weighted by Crippen LogP contribution is 2.13. The lowest BCUT2D eigenvalue weighted by atomic mass is 10.3. The largest absolute Gasteiger partial charge is 0.355 e. The molecule has 25 heavy (non-hydrogen) atoms. The van der Waals surface area contributed by atoms with E-state index in [-0.39, 0.29) is 28.6 Å². The van der Waals surface area contributed by atoms with Gasteiger partial charge in [0, 0.05) is 31.2 Å². The number of halogens is 1. The topological polar surface area (TPSA) is 76.0 Å². The van der Waals surface area contributed by atoms with Crippen molar-refractivity contribution in [1.29, 1.82) is 0 Å². The van der Waals surface area contributed by atoms with Crippen molar-refractivity contribution in [2.45, 2.75) is 25.1 Å². The quantitative estimate of drug-likeness (QED) is 0.670. The second-order valence-electron chi connectivity index (χ2n) is 5.45. The number of anilines is 1. The third kappa shape index (κ3) is 6.96. The Kier molecular flexibility index (Phi) is 7.46. The fourth-order valence-electron chi connectivity index (χ4n) is 2.04. The van der Waals surface area contributed by atoms with Gasteiger partial charge in [-0.1, -0.05) is 0 Å². The SMILES string of the molecule is CC(SCC(=O)Nc1ccc(F)cc1)C(=O)NCCCn1ccnc1. The Balaban J connectivity index is 1.61. The smallest absolute Gasteiger partial charge is 0.234 e. The predicted molar refractivity (Wildman–Crippen MR) is 96.8 cm³/mol. The minimum absolute atomic E-state index is 0.0924. The molecule has 0 aliphatic heterocycles. The van der Waals surface area contributed by atoms with Gasteiger partial charge in [-0.3, -0.25) is 9.59 Å². The van der Waals surface area contributed by atoms with Gasteiger partial charge in [-0.25, -0.2) is 9.37 Å². The van der Waals surface area contributed by atoms with Crippen molar-refractivity contribution in [2.24, 2.45) is 0 Å². The molecule has 0 spiro atoms. The van der Waals surface area contributed by atoms with Gasteiger partial charge in [-0.2, -0.15) is 0 Å². The average Bonchev–Trinajstić information content (AvgIpc) is 3.12. The van der Waals surface area contributed by atoms with Crippen molar-refractivity contribution in [3.05, 3.63) is 48.8 Å². The van der Waals surface area contributed by atoms with E-state index >= 15 is 0 Å². The zero-order valence-electron chi connectivity index (χ0n) is 13.9. The van der Waals surface area contributed by atoms with Gasteiger partial charge in [0.05, 0.1) is 17.3 Å². The Morgan fingerprint density at radius 2 is 2.08 bits per heavy atom. The molecule has 2 rings (SSSR count). The first-order chi connectivity index (χ1) is 12.0. The molecular weight excluding hydrogens is 343 g/mol. The lowest BCUT2D eigenvalue weighted by Gasteiger charge is -2.12. The van der Waals surface area contributed by atoms with E-state index < -0.39 is 0 Å². The number of imidazole rings is 1. The van der Waals surface area contributed by atoms with Gasteiger partial charge in [0.15, 0.2) is 0 Å². The summed E-state index contributed by atoms with van der Waals surface area (Å²) in [6.45, 7) is 3.13. The molecule has 1 aromatic carbocycles. The Hall–Kier alpha value is -2.35. The molecule has 0 fully saturated rings. The highest BCUT2D eigenvalue weighted by molar-refractivity contribution is 8.01. The van der Waals surface area contributed by atoms with Gasteiger partial charge < -0.3 is 15.2 Å². The normalized spacial score (nSPS) is 11.8. The van der Waals surface area contributed by atoms with Crippen LogP contribution >= 0.6 is 11.8 Å². The molecule has 134 valence electrons. The van der Waals surface area contributed by atoms with E-state index in [4.69, 9.17) is 0 Å². The van der Waals surface area contributed by atoms with Crippen LogP contribution in [0.5, 0.6) is 0 Å². The zero-order valence-corrected chi connectivity index (χ0v) is 14.8. The number of hydrogen-bond donors (Lipinski definition) is 2. The summed E-state index contributed by atoms with van der Waals surface area (Å²) in [5, 5.41) is 5.20. The van der Waals surface area contributed by atoms with Crippen LogP contribution in [0.2, 0.25) is 0 Å². The Labute approximate surface area is 150 Å². The summed E-state index contributed by atoms with van der Waals surface area (Å²) >= 11 is 1.26. The molecule has 8 heteroatoms. The number of rotatable bonds is 9. The molecule has 6 nitrogen and oxygen atoms in total. The Morgan fingerprint density at radius 3 is 2.76 bits per heavy atom. The molecular formula is C17H21FN4O2S. The maximum absolute atomic E-state index is 12.8. The number of nitrogens with zero attached hydrogens (tertiary/aromatic N) is 2. The number of amides is 2. The van der Waals surface area contributed by atoms with Gasteiger partial charge in [0.25, 0.3) is 0 Å². The molecule has 0 saturated heterocycles. The standard InChI is InChI=1S/C17H21FN4O2S/c1-13(17(24)20-7-2-9-22-10-8-19-12-22)25-11-16(23)21-15-5-3-14(18)4-6-15/h3-6,8,10,12-13H,2,7,9,11H2,1H3,(H,20,24)(H,21,23). The van der Waals surface area contributed by atoms with Crippen molar-refractivity contribution < 1.29 is 14.0 Å². The molecule has 1 heterocycles. The summed E-state index contributed by atoms with van der Waals surface area (Å²) in [6, 6.07) is 5.55. The third-order valence-electron chi connectivity index (χ3n) is 3.41. The van der Waals surface area contributed by atoms with Crippen LogP contribution in [0.15, 0.2) is 43.0 Å². The maximum atomic E-state index is 12.8. The van der Waals surface area contributed by atoms with Crippen LogP contribution < -0.4 is 10.6 Å². The summed E-state index contributed by atoms with van der Waals surface area (Å²) in [4.78, 5) is 27.8. The molecule has 0 radical (unpaired) electrons. The van der Waals surface area contributed by atoms with E-state index in [1.807, 2.05) is 10.8 Å². The predicted octanol–water partition coefficient (Wildman–Crippen LogP) is 2.29. The van der Waals surface area contributed by atoms with E-state index in [1.165, 1.54) is 36.0 Å². The van der Waals surface area contributed by atoms with E-state index in [1.54, 1.807) is 19.4 Å². The van der Waals surface area contributed by atoms with E-state index in [9.17, 15) is 14.0 Å². The van der Waals surface area contributed by atoms with Crippen LogP contribution in [0, 0.1) is 5.82 Å². The lowest BCUT2D eigenvalue weighted by Crippen LogP contribution is -2.33. The van der Waals surface area contributed by atoms with Gasteiger partial charge in [0.1, 0.15) is 5.82 Å². The Morgan fingerprint density at radius 1 is 1.32 bits per heavy atom. The fourth-order valence-corrected chi connectivity index (χ4v) is 2.75. The molecule has 0 bridgehead atoms. The summed E-state index contributed by atoms with van der Waals surface area (Å²) in [7, 11) is 0. The Bertz CT molecular complexity index is 676. The number of benzene rings is 1. The molecule has 2 aromatic rings. The van der Waals surface area contributed by atoms with Crippen molar-refractivity contribution in [1.82, 2.24) is 14.9 Å². The van der Waals surface area contributed by atoms with Crippen LogP contribution in [0.3, 0.4) is 0 Å². The first kappa shape index (κ1) is 19.0. The van der Waals surface area contributed by atoms with Crippen LogP contribution in [0.1, 0.15) is 13.3 Å². The van der Waals surface area contributed by atoms with Crippen molar-refractivity contribution >= 4 is 29.3 Å². The number of nitrogens with one attached hydrogen (secondary N) is 2. The molecule has 2 amide bonds. The van der Waals surface area contributed by atoms with Crippen molar-refractivity contribution in [2.75, 3.05) is 17.6 Å². The van der Waals surface area contributed by atoms with E-state index in [0.717, 1.165) is 13.0 Å². The number of carbonyl (C=O) groups excluding carboxylic acids is 2. The lowest BCUT2D eigenvalue weighted by molar-refractivity contribution is -0.120. The molecule has 0 aliphatic rings. The van der Waals surface area contributed by atoms with Crippen molar-refractivity contribution in [3.63, 3.8) is 0 Å². The van der Waals surface area contributed by atoms with Gasteiger partial charge in [0.2, 0.25) is 11.8 Å². The molecule has 1 atom stereocenters.